The van der Waals surface area contributed by atoms with Crippen LogP contribution in [0.2, 0.25) is 0 Å². The number of ether oxygens (including phenoxy) is 2. The van der Waals surface area contributed by atoms with Gasteiger partial charge in [0.2, 0.25) is 0 Å². The molecule has 0 aromatic rings. The number of halogens is 3. The summed E-state index contributed by atoms with van der Waals surface area (Å²) in [4.78, 5) is 10.9. The lowest BCUT2D eigenvalue weighted by Crippen LogP contribution is -2.12. The third-order valence-corrected chi connectivity index (χ3v) is 2.00. The topological polar surface area (TPSA) is 35.5 Å². The molecule has 6 heteroatoms. The number of esters is 1. The normalized spacial score (nSPS) is 11.5. The van der Waals surface area contributed by atoms with Crippen molar-refractivity contribution in [3.8, 4) is 0 Å². The summed E-state index contributed by atoms with van der Waals surface area (Å²) in [6, 6.07) is 0. The number of alkyl halides is 3. The fourth-order valence-corrected chi connectivity index (χ4v) is 1.17. The number of hydrogen-bond donors (Lipinski definition) is 0. The Balaban J connectivity index is 3.16. The van der Waals surface area contributed by atoms with Gasteiger partial charge in [0.25, 0.3) is 0 Å². The Labute approximate surface area is 99.3 Å². The van der Waals surface area contributed by atoms with Gasteiger partial charge in [-0.15, -0.1) is 0 Å². The van der Waals surface area contributed by atoms with Crippen molar-refractivity contribution in [1.82, 2.24) is 0 Å². The summed E-state index contributed by atoms with van der Waals surface area (Å²) in [5, 5.41) is 0. The van der Waals surface area contributed by atoms with E-state index < -0.39 is 12.6 Å². The van der Waals surface area contributed by atoms with Crippen molar-refractivity contribution in [2.45, 2.75) is 45.2 Å². The van der Waals surface area contributed by atoms with Gasteiger partial charge in [0, 0.05) is 13.0 Å². The standard InChI is InChI=1S/C11H19F3O3/c1-2-17-10(15)6-4-3-5-8-16-9-7-11(12,13)14/h2-9H2,1H3. The van der Waals surface area contributed by atoms with E-state index in [1.54, 1.807) is 6.92 Å². The van der Waals surface area contributed by atoms with Crippen LogP contribution in [0, 0.1) is 0 Å². The zero-order chi connectivity index (χ0) is 13.1. The molecule has 17 heavy (non-hydrogen) atoms. The highest BCUT2D eigenvalue weighted by Gasteiger charge is 2.26. The van der Waals surface area contributed by atoms with Crippen LogP contribution in [0.15, 0.2) is 0 Å². The van der Waals surface area contributed by atoms with E-state index >= 15 is 0 Å². The van der Waals surface area contributed by atoms with Gasteiger partial charge in [-0.3, -0.25) is 4.79 Å². The zero-order valence-electron chi connectivity index (χ0n) is 10.0. The second-order valence-electron chi connectivity index (χ2n) is 3.59. The van der Waals surface area contributed by atoms with Crippen LogP contribution in [0.4, 0.5) is 13.2 Å². The SMILES string of the molecule is CCOC(=O)CCCCCOCCC(F)(F)F. The summed E-state index contributed by atoms with van der Waals surface area (Å²) < 4.78 is 44.7. The predicted molar refractivity (Wildman–Crippen MR) is 56.6 cm³/mol. The van der Waals surface area contributed by atoms with Crippen molar-refractivity contribution in [2.24, 2.45) is 0 Å². The van der Waals surface area contributed by atoms with Crippen LogP contribution in [0.5, 0.6) is 0 Å². The molecule has 0 fully saturated rings. The van der Waals surface area contributed by atoms with Crippen LogP contribution in [0.1, 0.15) is 39.0 Å². The molecule has 0 aliphatic heterocycles. The quantitative estimate of drug-likeness (QED) is 0.470. The molecule has 0 amide bonds. The van der Waals surface area contributed by atoms with Crippen LogP contribution in [0.3, 0.4) is 0 Å². The van der Waals surface area contributed by atoms with Crippen molar-refractivity contribution in [1.29, 1.82) is 0 Å². The van der Waals surface area contributed by atoms with Gasteiger partial charge < -0.3 is 9.47 Å². The van der Waals surface area contributed by atoms with Crippen LogP contribution in [-0.2, 0) is 14.3 Å². The molecular weight excluding hydrogens is 237 g/mol. The van der Waals surface area contributed by atoms with Crippen molar-refractivity contribution in [3.63, 3.8) is 0 Å². The van der Waals surface area contributed by atoms with Crippen LogP contribution >= 0.6 is 0 Å². The fourth-order valence-electron chi connectivity index (χ4n) is 1.17. The first-order chi connectivity index (χ1) is 7.95. The van der Waals surface area contributed by atoms with E-state index in [9.17, 15) is 18.0 Å². The molecule has 0 rings (SSSR count). The first-order valence-corrected chi connectivity index (χ1v) is 5.76. The summed E-state index contributed by atoms with van der Waals surface area (Å²) in [7, 11) is 0. The van der Waals surface area contributed by atoms with E-state index in [4.69, 9.17) is 9.47 Å². The molecule has 0 aliphatic carbocycles. The van der Waals surface area contributed by atoms with E-state index in [2.05, 4.69) is 0 Å². The molecule has 0 aromatic heterocycles. The minimum absolute atomic E-state index is 0.231. The first kappa shape index (κ1) is 16.2. The smallest absolute Gasteiger partial charge is 0.391 e. The van der Waals surface area contributed by atoms with Crippen molar-refractivity contribution in [2.75, 3.05) is 19.8 Å². The van der Waals surface area contributed by atoms with E-state index in [0.29, 0.717) is 32.5 Å². The third-order valence-electron chi connectivity index (χ3n) is 2.00. The molecule has 0 bridgehead atoms. The lowest BCUT2D eigenvalue weighted by atomic mass is 10.2. The maximum atomic E-state index is 11.7. The second kappa shape index (κ2) is 9.27. The number of rotatable bonds is 9. The lowest BCUT2D eigenvalue weighted by molar-refractivity contribution is -0.146. The van der Waals surface area contributed by atoms with E-state index in [1.807, 2.05) is 0 Å². The third kappa shape index (κ3) is 13.2. The van der Waals surface area contributed by atoms with E-state index in [0.717, 1.165) is 6.42 Å². The number of unbranched alkanes of at least 4 members (excludes halogenated alkanes) is 2. The largest absolute Gasteiger partial charge is 0.466 e. The van der Waals surface area contributed by atoms with Gasteiger partial charge in [0.15, 0.2) is 0 Å². The van der Waals surface area contributed by atoms with Gasteiger partial charge in [-0.1, -0.05) is 6.42 Å². The molecule has 0 radical (unpaired) electrons. The van der Waals surface area contributed by atoms with Crippen molar-refractivity contribution >= 4 is 5.97 Å². The molecule has 102 valence electrons. The van der Waals surface area contributed by atoms with Gasteiger partial charge in [0.1, 0.15) is 0 Å². The Morgan fingerprint density at radius 2 is 1.82 bits per heavy atom. The lowest BCUT2D eigenvalue weighted by Gasteiger charge is -2.07. The Bertz CT molecular complexity index is 205. The van der Waals surface area contributed by atoms with Gasteiger partial charge in [-0.05, 0) is 19.8 Å². The molecule has 0 unspecified atom stereocenters. The molecule has 0 saturated heterocycles. The molecule has 0 heterocycles. The highest BCUT2D eigenvalue weighted by Crippen LogP contribution is 2.18. The van der Waals surface area contributed by atoms with Gasteiger partial charge in [-0.25, -0.2) is 0 Å². The summed E-state index contributed by atoms with van der Waals surface area (Å²) in [6.45, 7) is 2.13. The summed E-state index contributed by atoms with van der Waals surface area (Å²) in [6.07, 6.45) is -2.60. The molecule has 3 nitrogen and oxygen atoms in total. The minimum Gasteiger partial charge on any atom is -0.466 e. The monoisotopic (exact) mass is 256 g/mol. The maximum absolute atomic E-state index is 11.7. The summed E-state index contributed by atoms with van der Waals surface area (Å²) >= 11 is 0. The van der Waals surface area contributed by atoms with Crippen LogP contribution in [0.25, 0.3) is 0 Å². The van der Waals surface area contributed by atoms with Crippen molar-refractivity contribution < 1.29 is 27.4 Å². The average molecular weight is 256 g/mol. The summed E-state index contributed by atoms with van der Waals surface area (Å²) in [5.74, 6) is -0.231. The predicted octanol–water partition coefficient (Wildman–Crippen LogP) is 3.08. The number of hydrogen-bond acceptors (Lipinski definition) is 3. The Morgan fingerprint density at radius 3 is 2.41 bits per heavy atom. The molecule has 0 atom stereocenters. The average Bonchev–Trinajstić information content (AvgIpc) is 2.21. The van der Waals surface area contributed by atoms with Crippen LogP contribution in [-0.4, -0.2) is 32.0 Å². The van der Waals surface area contributed by atoms with Crippen molar-refractivity contribution in [3.05, 3.63) is 0 Å². The second-order valence-corrected chi connectivity index (χ2v) is 3.59. The fraction of sp³-hybridized carbons (Fsp3) is 0.909. The van der Waals surface area contributed by atoms with Crippen LogP contribution < -0.4 is 0 Å². The molecule has 0 aliphatic rings. The molecule has 0 saturated carbocycles. The van der Waals surface area contributed by atoms with Gasteiger partial charge in [-0.2, -0.15) is 13.2 Å². The highest BCUT2D eigenvalue weighted by atomic mass is 19.4. The van der Waals surface area contributed by atoms with E-state index in [-0.39, 0.29) is 12.6 Å². The zero-order valence-corrected chi connectivity index (χ0v) is 10.0. The van der Waals surface area contributed by atoms with Gasteiger partial charge >= 0.3 is 12.1 Å². The van der Waals surface area contributed by atoms with E-state index in [1.165, 1.54) is 0 Å². The molecular formula is C11H19F3O3. The molecule has 0 aromatic carbocycles. The first-order valence-electron chi connectivity index (χ1n) is 5.76. The maximum Gasteiger partial charge on any atom is 0.391 e. The summed E-state index contributed by atoms with van der Waals surface area (Å²) in [5.41, 5.74) is 0. The Morgan fingerprint density at radius 1 is 1.12 bits per heavy atom. The Hall–Kier alpha value is -0.780. The number of carbonyl (C=O) groups is 1. The highest BCUT2D eigenvalue weighted by molar-refractivity contribution is 5.69. The molecule has 0 spiro atoms. The number of carbonyl (C=O) groups excluding carboxylic acids is 1. The molecule has 0 N–H and O–H groups in total. The Kier molecular flexibility index (Phi) is 8.85. The van der Waals surface area contributed by atoms with Gasteiger partial charge in [0.05, 0.1) is 19.6 Å². The minimum atomic E-state index is -4.15.